The van der Waals surface area contributed by atoms with Gasteiger partial charge in [-0.2, -0.15) is 0 Å². The van der Waals surface area contributed by atoms with Crippen LogP contribution in [0.1, 0.15) is 96.8 Å². The first kappa shape index (κ1) is 23.4. The lowest BCUT2D eigenvalue weighted by atomic mass is 10.0. The van der Waals surface area contributed by atoms with Gasteiger partial charge in [0.05, 0.1) is 0 Å². The molecule has 2 unspecified atom stereocenters. The van der Waals surface area contributed by atoms with Crippen LogP contribution in [-0.2, 0) is 4.79 Å². The SMILES string of the molecule is CCCCCCCCC(SCl)C(Cl)CCCCCCCC(=O)O. The maximum Gasteiger partial charge on any atom is 0.303 e. The van der Waals surface area contributed by atoms with Crippen molar-refractivity contribution in [2.75, 3.05) is 0 Å². The average molecular weight is 385 g/mol. The minimum absolute atomic E-state index is 0.159. The molecule has 23 heavy (non-hydrogen) atoms. The van der Waals surface area contributed by atoms with E-state index in [9.17, 15) is 4.79 Å². The van der Waals surface area contributed by atoms with Crippen LogP contribution >= 0.6 is 33.3 Å². The van der Waals surface area contributed by atoms with Gasteiger partial charge >= 0.3 is 5.97 Å². The Bertz CT molecular complexity index is 278. The minimum Gasteiger partial charge on any atom is -0.481 e. The highest BCUT2D eigenvalue weighted by Crippen LogP contribution is 2.30. The van der Waals surface area contributed by atoms with E-state index in [0.717, 1.165) is 44.9 Å². The highest BCUT2D eigenvalue weighted by Gasteiger charge is 2.18. The third kappa shape index (κ3) is 15.7. The van der Waals surface area contributed by atoms with Gasteiger partial charge in [-0.1, -0.05) is 82.1 Å². The van der Waals surface area contributed by atoms with E-state index in [1.54, 1.807) is 0 Å². The van der Waals surface area contributed by atoms with Gasteiger partial charge in [-0.3, -0.25) is 4.79 Å². The molecule has 0 rings (SSSR count). The molecule has 0 radical (unpaired) electrons. The summed E-state index contributed by atoms with van der Waals surface area (Å²) in [6, 6.07) is 0. The topological polar surface area (TPSA) is 37.3 Å². The Kier molecular flexibility index (Phi) is 17.5. The third-order valence-corrected chi connectivity index (χ3v) is 6.38. The van der Waals surface area contributed by atoms with Crippen molar-refractivity contribution in [3.8, 4) is 0 Å². The van der Waals surface area contributed by atoms with Crippen LogP contribution in [0.4, 0.5) is 0 Å². The van der Waals surface area contributed by atoms with Gasteiger partial charge in [0.25, 0.3) is 0 Å². The van der Waals surface area contributed by atoms with Crippen molar-refractivity contribution >= 4 is 39.2 Å². The molecule has 0 saturated heterocycles. The number of alkyl halides is 1. The number of carboxylic acids is 1. The first-order valence-electron chi connectivity index (χ1n) is 9.25. The van der Waals surface area contributed by atoms with Gasteiger partial charge in [0.2, 0.25) is 0 Å². The first-order chi connectivity index (χ1) is 11.1. The first-order valence-corrected chi connectivity index (χ1v) is 11.4. The van der Waals surface area contributed by atoms with Gasteiger partial charge in [0, 0.05) is 17.0 Å². The molecule has 0 amide bonds. The van der Waals surface area contributed by atoms with Crippen LogP contribution in [0.2, 0.25) is 0 Å². The third-order valence-electron chi connectivity index (χ3n) is 4.23. The highest BCUT2D eigenvalue weighted by molar-refractivity contribution is 8.21. The standard InChI is InChI=1S/C18H34Cl2O2S/c1-2-3-4-5-8-11-14-17(23-20)16(19)13-10-7-6-9-12-15-18(21)22/h16-17H,2-15H2,1H3,(H,21,22). The van der Waals surface area contributed by atoms with E-state index >= 15 is 0 Å². The molecule has 2 nitrogen and oxygen atoms in total. The number of halogens is 2. The summed E-state index contributed by atoms with van der Waals surface area (Å²) in [5, 5.41) is 9.09. The van der Waals surface area contributed by atoms with Gasteiger partial charge in [0.1, 0.15) is 0 Å². The molecular weight excluding hydrogens is 351 g/mol. The van der Waals surface area contributed by atoms with E-state index in [0.29, 0.717) is 11.7 Å². The molecule has 0 fully saturated rings. The second-order valence-electron chi connectivity index (χ2n) is 6.40. The van der Waals surface area contributed by atoms with E-state index in [2.05, 4.69) is 6.92 Å². The Morgan fingerprint density at radius 1 is 0.913 bits per heavy atom. The summed E-state index contributed by atoms with van der Waals surface area (Å²) in [5.74, 6) is -0.692. The molecule has 0 aromatic carbocycles. The molecule has 0 aromatic rings. The van der Waals surface area contributed by atoms with Gasteiger partial charge in [0.15, 0.2) is 0 Å². The van der Waals surface area contributed by atoms with Crippen molar-refractivity contribution in [2.24, 2.45) is 0 Å². The molecule has 2 atom stereocenters. The van der Waals surface area contributed by atoms with Gasteiger partial charge in [-0.25, -0.2) is 0 Å². The van der Waals surface area contributed by atoms with Gasteiger partial charge in [-0.15, -0.1) is 11.6 Å². The maximum absolute atomic E-state index is 10.4. The van der Waals surface area contributed by atoms with Crippen molar-refractivity contribution < 1.29 is 9.90 Å². The van der Waals surface area contributed by atoms with Crippen molar-refractivity contribution in [3.05, 3.63) is 0 Å². The lowest BCUT2D eigenvalue weighted by Gasteiger charge is -2.19. The van der Waals surface area contributed by atoms with Crippen molar-refractivity contribution in [1.82, 2.24) is 0 Å². The molecule has 0 aliphatic rings. The second kappa shape index (κ2) is 17.2. The fraction of sp³-hybridized carbons (Fsp3) is 0.944. The van der Waals surface area contributed by atoms with Crippen molar-refractivity contribution in [3.63, 3.8) is 0 Å². The Morgan fingerprint density at radius 2 is 1.43 bits per heavy atom. The van der Waals surface area contributed by atoms with E-state index in [1.165, 1.54) is 49.5 Å². The number of hydrogen-bond acceptors (Lipinski definition) is 2. The summed E-state index contributed by atoms with van der Waals surface area (Å²) in [7, 11) is 7.41. The maximum atomic E-state index is 10.4. The van der Waals surface area contributed by atoms with Crippen LogP contribution in [0.25, 0.3) is 0 Å². The normalized spacial score (nSPS) is 13.9. The van der Waals surface area contributed by atoms with Crippen molar-refractivity contribution in [1.29, 1.82) is 0 Å². The quantitative estimate of drug-likeness (QED) is 0.209. The predicted octanol–water partition coefficient (Wildman–Crippen LogP) is 7.42. The molecule has 0 saturated carbocycles. The van der Waals surface area contributed by atoms with Crippen LogP contribution in [0, 0.1) is 0 Å². The van der Waals surface area contributed by atoms with Crippen LogP contribution in [0.15, 0.2) is 0 Å². The summed E-state index contributed by atoms with van der Waals surface area (Å²) in [4.78, 5) is 10.4. The van der Waals surface area contributed by atoms with Gasteiger partial charge in [-0.05, 0) is 29.9 Å². The molecule has 0 aromatic heterocycles. The molecule has 138 valence electrons. The molecule has 1 N–H and O–H groups in total. The molecule has 0 bridgehead atoms. The zero-order valence-corrected chi connectivity index (χ0v) is 16.9. The number of aliphatic carboxylic acids is 1. The largest absolute Gasteiger partial charge is 0.481 e. The zero-order chi connectivity index (χ0) is 17.3. The summed E-state index contributed by atoms with van der Waals surface area (Å²) >= 11 is 6.51. The average Bonchev–Trinajstić information content (AvgIpc) is 2.53. The summed E-state index contributed by atoms with van der Waals surface area (Å²) in [6.45, 7) is 2.24. The number of carboxylic acid groups (broad SMARTS) is 1. The summed E-state index contributed by atoms with van der Waals surface area (Å²) in [5.41, 5.74) is 0. The van der Waals surface area contributed by atoms with Crippen LogP contribution in [0.3, 0.4) is 0 Å². The Hall–Kier alpha value is 0.400. The van der Waals surface area contributed by atoms with Crippen molar-refractivity contribution in [2.45, 2.75) is 107 Å². The van der Waals surface area contributed by atoms with Crippen LogP contribution in [-0.4, -0.2) is 21.7 Å². The Balaban J connectivity index is 3.56. The smallest absolute Gasteiger partial charge is 0.303 e. The Labute approximate surface area is 156 Å². The second-order valence-corrected chi connectivity index (χ2v) is 8.28. The van der Waals surface area contributed by atoms with E-state index in [4.69, 9.17) is 27.4 Å². The summed E-state index contributed by atoms with van der Waals surface area (Å²) < 4.78 is 0. The fourth-order valence-electron chi connectivity index (χ4n) is 2.74. The predicted molar refractivity (Wildman–Crippen MR) is 105 cm³/mol. The van der Waals surface area contributed by atoms with E-state index in [-0.39, 0.29) is 5.38 Å². The molecule has 0 heterocycles. The summed E-state index contributed by atoms with van der Waals surface area (Å²) in [6.07, 6.45) is 15.4. The lowest BCUT2D eigenvalue weighted by molar-refractivity contribution is -0.137. The number of hydrogen-bond donors (Lipinski definition) is 1. The zero-order valence-electron chi connectivity index (χ0n) is 14.6. The van der Waals surface area contributed by atoms with E-state index < -0.39 is 5.97 Å². The number of rotatable bonds is 17. The monoisotopic (exact) mass is 384 g/mol. The highest BCUT2D eigenvalue weighted by atomic mass is 35.7. The molecular formula is C18H34Cl2O2S. The molecule has 5 heteroatoms. The molecule has 0 spiro atoms. The molecule has 0 aliphatic carbocycles. The van der Waals surface area contributed by atoms with Gasteiger partial charge < -0.3 is 5.11 Å². The van der Waals surface area contributed by atoms with Crippen LogP contribution in [0.5, 0.6) is 0 Å². The Morgan fingerprint density at radius 3 is 2.00 bits per heavy atom. The van der Waals surface area contributed by atoms with Crippen LogP contribution < -0.4 is 0 Å². The lowest BCUT2D eigenvalue weighted by Crippen LogP contribution is -2.16. The molecule has 0 aliphatic heterocycles. The van der Waals surface area contributed by atoms with E-state index in [1.807, 2.05) is 0 Å². The number of carbonyl (C=O) groups is 1. The fourth-order valence-corrected chi connectivity index (χ4v) is 4.47. The number of unbranched alkanes of at least 4 members (excludes halogenated alkanes) is 9. The minimum atomic E-state index is -0.692.